The van der Waals surface area contributed by atoms with Gasteiger partial charge in [0, 0.05) is 36.7 Å². The molecule has 1 atom stereocenters. The van der Waals surface area contributed by atoms with Gasteiger partial charge in [-0.3, -0.25) is 9.69 Å². The molecular formula is C12H21NO3S. The third-order valence-corrected chi connectivity index (χ3v) is 4.72. The van der Waals surface area contributed by atoms with Crippen molar-refractivity contribution in [3.63, 3.8) is 0 Å². The number of aliphatic carboxylic acids is 1. The summed E-state index contributed by atoms with van der Waals surface area (Å²) in [6, 6.07) is 0.774. The van der Waals surface area contributed by atoms with Gasteiger partial charge in [0.15, 0.2) is 0 Å². The van der Waals surface area contributed by atoms with Crippen molar-refractivity contribution in [3.8, 4) is 0 Å². The van der Waals surface area contributed by atoms with Crippen LogP contribution in [0.25, 0.3) is 0 Å². The van der Waals surface area contributed by atoms with Gasteiger partial charge in [-0.2, -0.15) is 11.8 Å². The van der Waals surface area contributed by atoms with E-state index < -0.39 is 5.97 Å². The molecule has 1 saturated heterocycles. The number of carboxylic acids is 1. The van der Waals surface area contributed by atoms with Gasteiger partial charge in [0.1, 0.15) is 0 Å². The van der Waals surface area contributed by atoms with Crippen LogP contribution in [0.3, 0.4) is 0 Å². The van der Waals surface area contributed by atoms with E-state index in [0.717, 1.165) is 37.5 Å². The number of carbonyl (C=O) groups is 1. The summed E-state index contributed by atoms with van der Waals surface area (Å²) < 4.78 is 5.57. The molecule has 2 rings (SSSR count). The minimum Gasteiger partial charge on any atom is -0.481 e. The summed E-state index contributed by atoms with van der Waals surface area (Å²) in [5, 5.41) is 8.93. The molecule has 0 radical (unpaired) electrons. The van der Waals surface area contributed by atoms with Crippen LogP contribution in [-0.4, -0.2) is 58.8 Å². The Hall–Kier alpha value is -0.260. The molecule has 1 aliphatic carbocycles. The van der Waals surface area contributed by atoms with Crippen molar-refractivity contribution in [1.82, 2.24) is 4.90 Å². The van der Waals surface area contributed by atoms with Crippen molar-refractivity contribution < 1.29 is 14.6 Å². The first kappa shape index (κ1) is 13.2. The van der Waals surface area contributed by atoms with Crippen LogP contribution in [0.4, 0.5) is 0 Å². The van der Waals surface area contributed by atoms with E-state index in [4.69, 9.17) is 9.84 Å². The maximum Gasteiger partial charge on any atom is 0.304 e. The quantitative estimate of drug-likeness (QED) is 0.810. The predicted molar refractivity (Wildman–Crippen MR) is 68.5 cm³/mol. The molecule has 1 aliphatic heterocycles. The third-order valence-electron chi connectivity index (χ3n) is 3.62. The Kier molecular flexibility index (Phi) is 4.70. The fourth-order valence-corrected chi connectivity index (χ4v) is 3.79. The Morgan fingerprint density at radius 1 is 1.53 bits per heavy atom. The molecule has 2 fully saturated rings. The molecule has 0 spiro atoms. The molecule has 1 unspecified atom stereocenters. The second-order valence-electron chi connectivity index (χ2n) is 4.77. The second-order valence-corrected chi connectivity index (χ2v) is 5.92. The van der Waals surface area contributed by atoms with Gasteiger partial charge in [-0.15, -0.1) is 0 Å². The van der Waals surface area contributed by atoms with Crippen molar-refractivity contribution in [2.45, 2.75) is 44.4 Å². The number of ether oxygens (including phenoxy) is 1. The van der Waals surface area contributed by atoms with Gasteiger partial charge < -0.3 is 9.84 Å². The molecule has 0 amide bonds. The van der Waals surface area contributed by atoms with Crippen LogP contribution in [0, 0.1) is 0 Å². The van der Waals surface area contributed by atoms with Crippen LogP contribution < -0.4 is 0 Å². The van der Waals surface area contributed by atoms with Crippen molar-refractivity contribution >= 4 is 17.7 Å². The van der Waals surface area contributed by atoms with E-state index >= 15 is 0 Å². The first-order chi connectivity index (χ1) is 8.20. The van der Waals surface area contributed by atoms with E-state index in [0.29, 0.717) is 12.1 Å². The normalized spacial score (nSPS) is 34.3. The molecule has 0 aromatic heterocycles. The van der Waals surface area contributed by atoms with E-state index in [1.807, 2.05) is 18.7 Å². The van der Waals surface area contributed by atoms with Gasteiger partial charge in [0.25, 0.3) is 0 Å². The Balaban J connectivity index is 1.83. The lowest BCUT2D eigenvalue weighted by Crippen LogP contribution is -2.55. The summed E-state index contributed by atoms with van der Waals surface area (Å²) >= 11 is 1.88. The molecule has 17 heavy (non-hydrogen) atoms. The van der Waals surface area contributed by atoms with Crippen molar-refractivity contribution in [1.29, 1.82) is 0 Å². The van der Waals surface area contributed by atoms with Crippen molar-refractivity contribution in [2.75, 3.05) is 24.7 Å². The number of nitrogens with zero attached hydrogens (tertiary/aromatic N) is 1. The van der Waals surface area contributed by atoms with Crippen LogP contribution >= 0.6 is 11.8 Å². The molecule has 1 saturated carbocycles. The smallest absolute Gasteiger partial charge is 0.304 e. The zero-order chi connectivity index (χ0) is 12.3. The van der Waals surface area contributed by atoms with E-state index in [-0.39, 0.29) is 12.5 Å². The monoisotopic (exact) mass is 259 g/mol. The maximum atomic E-state index is 10.8. The molecule has 1 N–H and O–H groups in total. The summed E-state index contributed by atoms with van der Waals surface area (Å²) in [6.07, 6.45) is 2.84. The van der Waals surface area contributed by atoms with E-state index in [1.165, 1.54) is 0 Å². The molecule has 1 heterocycles. The number of hydrogen-bond acceptors (Lipinski definition) is 4. The molecule has 5 heteroatoms. The van der Waals surface area contributed by atoms with E-state index in [2.05, 4.69) is 4.90 Å². The number of carboxylic acid groups (broad SMARTS) is 1. The zero-order valence-corrected chi connectivity index (χ0v) is 11.1. The fourth-order valence-electron chi connectivity index (χ4n) is 2.71. The molecule has 2 aliphatic rings. The Morgan fingerprint density at radius 3 is 2.94 bits per heavy atom. The highest BCUT2D eigenvalue weighted by molar-refractivity contribution is 7.99. The Morgan fingerprint density at radius 2 is 2.29 bits per heavy atom. The minimum absolute atomic E-state index is 0.221. The molecule has 0 aromatic rings. The average molecular weight is 259 g/mol. The molecule has 98 valence electrons. The summed E-state index contributed by atoms with van der Waals surface area (Å²) in [6.45, 7) is 3.84. The van der Waals surface area contributed by atoms with Gasteiger partial charge >= 0.3 is 5.97 Å². The third kappa shape index (κ3) is 3.36. The summed E-state index contributed by atoms with van der Waals surface area (Å²) in [5.41, 5.74) is 0. The van der Waals surface area contributed by atoms with Crippen molar-refractivity contribution in [2.24, 2.45) is 0 Å². The summed E-state index contributed by atoms with van der Waals surface area (Å²) in [4.78, 5) is 13.3. The SMILES string of the molecule is CCOC1CC(N2CCSCC2CC(=O)O)C1. The lowest BCUT2D eigenvalue weighted by atomic mass is 9.86. The second kappa shape index (κ2) is 6.07. The van der Waals surface area contributed by atoms with Gasteiger partial charge in [-0.25, -0.2) is 0 Å². The molecule has 0 aromatic carbocycles. The van der Waals surface area contributed by atoms with Crippen LogP contribution in [-0.2, 0) is 9.53 Å². The van der Waals surface area contributed by atoms with Crippen LogP contribution in [0.5, 0.6) is 0 Å². The molecule has 4 nitrogen and oxygen atoms in total. The molecule has 0 bridgehead atoms. The topological polar surface area (TPSA) is 49.8 Å². The minimum atomic E-state index is -0.678. The average Bonchev–Trinajstić information content (AvgIpc) is 2.23. The van der Waals surface area contributed by atoms with Crippen LogP contribution in [0.2, 0.25) is 0 Å². The molecular weight excluding hydrogens is 238 g/mol. The number of thioether (sulfide) groups is 1. The lowest BCUT2D eigenvalue weighted by Gasteiger charge is -2.47. The predicted octanol–water partition coefficient (Wildman–Crippen LogP) is 1.45. The van der Waals surface area contributed by atoms with E-state index in [1.54, 1.807) is 0 Å². The number of rotatable bonds is 5. The summed E-state index contributed by atoms with van der Waals surface area (Å²) in [5.74, 6) is 1.41. The van der Waals surface area contributed by atoms with Gasteiger partial charge in [-0.1, -0.05) is 0 Å². The van der Waals surface area contributed by atoms with Gasteiger partial charge in [0.2, 0.25) is 0 Å². The first-order valence-electron chi connectivity index (χ1n) is 6.37. The highest BCUT2D eigenvalue weighted by atomic mass is 32.2. The largest absolute Gasteiger partial charge is 0.481 e. The maximum absolute atomic E-state index is 10.8. The number of hydrogen-bond donors (Lipinski definition) is 1. The Bertz CT molecular complexity index is 268. The van der Waals surface area contributed by atoms with Gasteiger partial charge in [-0.05, 0) is 19.8 Å². The van der Waals surface area contributed by atoms with Crippen LogP contribution in [0.1, 0.15) is 26.2 Å². The van der Waals surface area contributed by atoms with Gasteiger partial charge in [0.05, 0.1) is 12.5 Å². The summed E-state index contributed by atoms with van der Waals surface area (Å²) in [7, 11) is 0. The highest BCUT2D eigenvalue weighted by Gasteiger charge is 2.38. The fraction of sp³-hybridized carbons (Fsp3) is 0.917. The zero-order valence-electron chi connectivity index (χ0n) is 10.3. The lowest BCUT2D eigenvalue weighted by molar-refractivity contribution is -0.139. The highest BCUT2D eigenvalue weighted by Crippen LogP contribution is 2.33. The first-order valence-corrected chi connectivity index (χ1v) is 7.53. The standard InChI is InChI=1S/C12H21NO3S/c1-2-16-11-5-9(6-11)13-3-4-17-8-10(13)7-12(14)15/h9-11H,2-8H2,1H3,(H,14,15). The van der Waals surface area contributed by atoms with Crippen molar-refractivity contribution in [3.05, 3.63) is 0 Å². The van der Waals surface area contributed by atoms with E-state index in [9.17, 15) is 4.79 Å². The van der Waals surface area contributed by atoms with Crippen LogP contribution in [0.15, 0.2) is 0 Å². The Labute approximate surface area is 107 Å².